The molecule has 100 valence electrons. The number of benzene rings is 1. The lowest BCUT2D eigenvalue weighted by Crippen LogP contribution is -1.96. The fourth-order valence-electron chi connectivity index (χ4n) is 1.55. The maximum Gasteiger partial charge on any atom is 0.218 e. The number of rotatable bonds is 5. The van der Waals surface area contributed by atoms with E-state index in [1.54, 1.807) is 13.2 Å². The number of methoxy groups -OCH3 is 1. The summed E-state index contributed by atoms with van der Waals surface area (Å²) in [6, 6.07) is 9.15. The van der Waals surface area contributed by atoms with Gasteiger partial charge in [-0.2, -0.15) is 4.98 Å². The van der Waals surface area contributed by atoms with E-state index in [0.717, 1.165) is 17.7 Å². The summed E-state index contributed by atoms with van der Waals surface area (Å²) < 4.78 is 10.6. The number of hydrogen-bond donors (Lipinski definition) is 0. The Bertz CT molecular complexity index is 544. The summed E-state index contributed by atoms with van der Waals surface area (Å²) in [4.78, 5) is 8.43. The van der Waals surface area contributed by atoms with Crippen molar-refractivity contribution in [3.8, 4) is 23.0 Å². The zero-order chi connectivity index (χ0) is 13.7. The minimum atomic E-state index is 0.355. The lowest BCUT2D eigenvalue weighted by molar-refractivity contribution is 0.317. The average molecular weight is 279 g/mol. The van der Waals surface area contributed by atoms with Crippen LogP contribution in [0.5, 0.6) is 11.6 Å². The number of ether oxygens (including phenoxy) is 2. The molecule has 0 N–H and O–H groups in total. The third-order valence-electron chi connectivity index (χ3n) is 2.47. The standard InChI is InChI=1S/C14H15ClN2O2/c1-3-8-19-11-6-4-10(5-7-11)14-16-12(15)9-13(17-14)18-2/h4-7,9H,3,8H2,1-2H3. The first-order valence-electron chi connectivity index (χ1n) is 6.04. The van der Waals surface area contributed by atoms with Crippen molar-refractivity contribution in [1.82, 2.24) is 9.97 Å². The predicted molar refractivity (Wildman–Crippen MR) is 74.8 cm³/mol. The molecule has 4 nitrogen and oxygen atoms in total. The number of hydrogen-bond acceptors (Lipinski definition) is 4. The molecule has 0 bridgehead atoms. The molecule has 0 saturated heterocycles. The molecule has 1 aromatic carbocycles. The maximum absolute atomic E-state index is 5.92. The maximum atomic E-state index is 5.92. The van der Waals surface area contributed by atoms with E-state index in [1.807, 2.05) is 24.3 Å². The second-order valence-electron chi connectivity index (χ2n) is 3.93. The highest BCUT2D eigenvalue weighted by Gasteiger charge is 2.06. The van der Waals surface area contributed by atoms with Crippen LogP contribution in [0.15, 0.2) is 30.3 Å². The zero-order valence-corrected chi connectivity index (χ0v) is 11.6. The molecule has 0 aliphatic carbocycles. The van der Waals surface area contributed by atoms with Crippen molar-refractivity contribution in [2.45, 2.75) is 13.3 Å². The van der Waals surface area contributed by atoms with Crippen LogP contribution in [-0.2, 0) is 0 Å². The molecule has 0 amide bonds. The van der Waals surface area contributed by atoms with Crippen LogP contribution < -0.4 is 9.47 Å². The van der Waals surface area contributed by atoms with E-state index >= 15 is 0 Å². The largest absolute Gasteiger partial charge is 0.494 e. The smallest absolute Gasteiger partial charge is 0.218 e. The molecule has 0 aliphatic heterocycles. The van der Waals surface area contributed by atoms with E-state index in [-0.39, 0.29) is 0 Å². The molecule has 19 heavy (non-hydrogen) atoms. The summed E-state index contributed by atoms with van der Waals surface area (Å²) in [6.07, 6.45) is 0.982. The van der Waals surface area contributed by atoms with Gasteiger partial charge in [-0.1, -0.05) is 18.5 Å². The van der Waals surface area contributed by atoms with Gasteiger partial charge in [0.25, 0.3) is 0 Å². The van der Waals surface area contributed by atoms with Crippen molar-refractivity contribution in [3.05, 3.63) is 35.5 Å². The van der Waals surface area contributed by atoms with Crippen molar-refractivity contribution in [2.75, 3.05) is 13.7 Å². The van der Waals surface area contributed by atoms with Crippen LogP contribution in [0, 0.1) is 0 Å². The van der Waals surface area contributed by atoms with Crippen LogP contribution in [0.3, 0.4) is 0 Å². The minimum absolute atomic E-state index is 0.355. The van der Waals surface area contributed by atoms with Crippen LogP contribution in [0.1, 0.15) is 13.3 Å². The van der Waals surface area contributed by atoms with Crippen molar-refractivity contribution >= 4 is 11.6 Å². The van der Waals surface area contributed by atoms with Gasteiger partial charge in [-0.25, -0.2) is 4.98 Å². The highest BCUT2D eigenvalue weighted by molar-refractivity contribution is 6.29. The van der Waals surface area contributed by atoms with Crippen molar-refractivity contribution in [1.29, 1.82) is 0 Å². The third-order valence-corrected chi connectivity index (χ3v) is 2.66. The van der Waals surface area contributed by atoms with Gasteiger partial charge in [0.2, 0.25) is 5.88 Å². The molecule has 2 rings (SSSR count). The van der Waals surface area contributed by atoms with E-state index < -0.39 is 0 Å². The van der Waals surface area contributed by atoms with Crippen LogP contribution in [0.2, 0.25) is 5.15 Å². The molecule has 0 radical (unpaired) electrons. The Hall–Kier alpha value is -1.81. The molecular formula is C14H15ClN2O2. The second-order valence-corrected chi connectivity index (χ2v) is 4.32. The molecule has 0 spiro atoms. The van der Waals surface area contributed by atoms with Crippen LogP contribution in [0.4, 0.5) is 0 Å². The molecule has 0 fully saturated rings. The molecule has 0 saturated carbocycles. The van der Waals surface area contributed by atoms with Crippen molar-refractivity contribution in [3.63, 3.8) is 0 Å². The van der Waals surface area contributed by atoms with E-state index in [0.29, 0.717) is 23.5 Å². The molecule has 0 unspecified atom stereocenters. The lowest BCUT2D eigenvalue weighted by Gasteiger charge is -2.06. The van der Waals surface area contributed by atoms with Crippen LogP contribution in [-0.4, -0.2) is 23.7 Å². The molecule has 1 heterocycles. The lowest BCUT2D eigenvalue weighted by atomic mass is 10.2. The first kappa shape index (κ1) is 13.6. The van der Waals surface area contributed by atoms with Gasteiger partial charge in [0.05, 0.1) is 13.7 Å². The van der Waals surface area contributed by atoms with E-state index in [4.69, 9.17) is 21.1 Å². The van der Waals surface area contributed by atoms with E-state index in [2.05, 4.69) is 16.9 Å². The Morgan fingerprint density at radius 3 is 2.53 bits per heavy atom. The zero-order valence-electron chi connectivity index (χ0n) is 10.9. The van der Waals surface area contributed by atoms with Gasteiger partial charge in [0, 0.05) is 11.6 Å². The van der Waals surface area contributed by atoms with Gasteiger partial charge < -0.3 is 9.47 Å². The van der Waals surface area contributed by atoms with Gasteiger partial charge in [0.1, 0.15) is 10.9 Å². The monoisotopic (exact) mass is 278 g/mol. The fraction of sp³-hybridized carbons (Fsp3) is 0.286. The van der Waals surface area contributed by atoms with Gasteiger partial charge in [0.15, 0.2) is 5.82 Å². The highest BCUT2D eigenvalue weighted by Crippen LogP contribution is 2.23. The Kier molecular flexibility index (Phi) is 4.58. The third kappa shape index (κ3) is 3.58. The summed E-state index contributed by atoms with van der Waals surface area (Å²) in [7, 11) is 1.55. The van der Waals surface area contributed by atoms with Crippen molar-refractivity contribution in [2.24, 2.45) is 0 Å². The topological polar surface area (TPSA) is 44.2 Å². The van der Waals surface area contributed by atoms with Crippen molar-refractivity contribution < 1.29 is 9.47 Å². The normalized spacial score (nSPS) is 10.3. The fourth-order valence-corrected chi connectivity index (χ4v) is 1.72. The van der Waals surface area contributed by atoms with Crippen LogP contribution in [0.25, 0.3) is 11.4 Å². The molecule has 2 aromatic rings. The molecular weight excluding hydrogens is 264 g/mol. The SMILES string of the molecule is CCCOc1ccc(-c2nc(Cl)cc(OC)n2)cc1. The quantitative estimate of drug-likeness (QED) is 0.784. The van der Waals surface area contributed by atoms with Crippen LogP contribution >= 0.6 is 11.6 Å². The Morgan fingerprint density at radius 2 is 1.89 bits per heavy atom. The molecule has 0 aliphatic rings. The van der Waals surface area contributed by atoms with Gasteiger partial charge in [-0.15, -0.1) is 0 Å². The summed E-state index contributed by atoms with van der Waals surface area (Å²) in [5, 5.41) is 0.355. The van der Waals surface area contributed by atoms with E-state index in [9.17, 15) is 0 Å². The summed E-state index contributed by atoms with van der Waals surface area (Å²) in [6.45, 7) is 2.78. The second kappa shape index (κ2) is 6.38. The first-order chi connectivity index (χ1) is 9.22. The summed E-state index contributed by atoms with van der Waals surface area (Å²) in [5.41, 5.74) is 0.865. The van der Waals surface area contributed by atoms with E-state index in [1.165, 1.54) is 0 Å². The van der Waals surface area contributed by atoms with Gasteiger partial charge >= 0.3 is 0 Å². The minimum Gasteiger partial charge on any atom is -0.494 e. The molecule has 0 atom stereocenters. The summed E-state index contributed by atoms with van der Waals surface area (Å²) >= 11 is 5.92. The predicted octanol–water partition coefficient (Wildman–Crippen LogP) is 3.59. The van der Waals surface area contributed by atoms with Gasteiger partial charge in [-0.05, 0) is 30.7 Å². The Balaban J connectivity index is 2.24. The number of halogens is 1. The first-order valence-corrected chi connectivity index (χ1v) is 6.42. The highest BCUT2D eigenvalue weighted by atomic mass is 35.5. The Morgan fingerprint density at radius 1 is 1.16 bits per heavy atom. The molecule has 5 heteroatoms. The number of nitrogens with zero attached hydrogens (tertiary/aromatic N) is 2. The van der Waals surface area contributed by atoms with Gasteiger partial charge in [-0.3, -0.25) is 0 Å². The Labute approximate surface area is 117 Å². The molecule has 1 aromatic heterocycles. The number of aromatic nitrogens is 2. The average Bonchev–Trinajstić information content (AvgIpc) is 2.45. The summed E-state index contributed by atoms with van der Waals surface area (Å²) in [5.74, 6) is 1.81.